The lowest BCUT2D eigenvalue weighted by Crippen LogP contribution is -2.01. The van der Waals surface area contributed by atoms with Gasteiger partial charge in [0, 0.05) is 49.1 Å². The Morgan fingerprint density at radius 1 is 0.314 bits per heavy atom. The molecule has 0 unspecified atom stereocenters. The molecular weight excluding hydrogens is 621 g/mol. The summed E-state index contributed by atoms with van der Waals surface area (Å²) in [5.74, 6) is 0. The van der Waals surface area contributed by atoms with E-state index in [1.54, 1.807) is 0 Å². The van der Waals surface area contributed by atoms with Gasteiger partial charge in [0.05, 0.1) is 27.8 Å². The highest BCUT2D eigenvalue weighted by Crippen LogP contribution is 2.43. The van der Waals surface area contributed by atoms with Gasteiger partial charge in [0.2, 0.25) is 0 Å². The van der Waals surface area contributed by atoms with Crippen LogP contribution in [-0.4, -0.2) is 9.13 Å². The van der Waals surface area contributed by atoms with Gasteiger partial charge in [-0.15, -0.1) is 0 Å². The summed E-state index contributed by atoms with van der Waals surface area (Å²) >= 11 is 0. The first-order chi connectivity index (χ1) is 25.3. The molecule has 11 rings (SSSR count). The summed E-state index contributed by atoms with van der Waals surface area (Å²) in [4.78, 5) is 0. The van der Waals surface area contributed by atoms with Crippen LogP contribution in [0.1, 0.15) is 0 Å². The van der Waals surface area contributed by atoms with Crippen molar-refractivity contribution < 1.29 is 4.42 Å². The second-order valence-corrected chi connectivity index (χ2v) is 13.3. The summed E-state index contributed by atoms with van der Waals surface area (Å²) in [5.41, 5.74) is 13.5. The molecule has 0 aliphatic carbocycles. The quantitative estimate of drug-likeness (QED) is 0.186. The van der Waals surface area contributed by atoms with Crippen LogP contribution in [0.2, 0.25) is 0 Å². The molecule has 0 radical (unpaired) electrons. The van der Waals surface area contributed by atoms with E-state index in [9.17, 15) is 0 Å². The van der Waals surface area contributed by atoms with E-state index in [-0.39, 0.29) is 0 Å². The first-order valence-electron chi connectivity index (χ1n) is 17.4. The SMILES string of the molecule is c1ccc(-c2cccc(-c3ccc4oc5ccccc5c4c3)c2-n2c3ccccc3c3cc(-n4c5ccccc5c5ccccc54)ccc32)cc1. The molecule has 11 aromatic rings. The Balaban J connectivity index is 1.22. The minimum Gasteiger partial charge on any atom is -0.456 e. The predicted molar refractivity (Wildman–Crippen MR) is 213 cm³/mol. The van der Waals surface area contributed by atoms with Crippen molar-refractivity contribution in [2.75, 3.05) is 0 Å². The normalized spacial score (nSPS) is 11.9. The lowest BCUT2D eigenvalue weighted by Gasteiger charge is -2.19. The summed E-state index contributed by atoms with van der Waals surface area (Å²) in [6, 6.07) is 65.6. The summed E-state index contributed by atoms with van der Waals surface area (Å²) in [6.45, 7) is 0. The van der Waals surface area contributed by atoms with Crippen LogP contribution >= 0.6 is 0 Å². The molecule has 3 heterocycles. The van der Waals surface area contributed by atoms with Gasteiger partial charge in [-0.2, -0.15) is 0 Å². The number of para-hydroxylation sites is 5. The van der Waals surface area contributed by atoms with Crippen LogP contribution in [0.5, 0.6) is 0 Å². The second-order valence-electron chi connectivity index (χ2n) is 13.3. The lowest BCUT2D eigenvalue weighted by molar-refractivity contribution is 0.669. The van der Waals surface area contributed by atoms with Gasteiger partial charge in [0.15, 0.2) is 0 Å². The van der Waals surface area contributed by atoms with Crippen LogP contribution in [0.4, 0.5) is 0 Å². The molecule has 0 aliphatic rings. The van der Waals surface area contributed by atoms with Crippen LogP contribution in [0.15, 0.2) is 186 Å². The maximum Gasteiger partial charge on any atom is 0.135 e. The molecule has 0 fully saturated rings. The zero-order valence-corrected chi connectivity index (χ0v) is 27.6. The van der Waals surface area contributed by atoms with Crippen LogP contribution < -0.4 is 0 Å². The van der Waals surface area contributed by atoms with Crippen molar-refractivity contribution in [1.82, 2.24) is 9.13 Å². The molecule has 3 aromatic heterocycles. The highest BCUT2D eigenvalue weighted by atomic mass is 16.3. The minimum atomic E-state index is 0.898. The van der Waals surface area contributed by atoms with Crippen molar-refractivity contribution in [2.45, 2.75) is 0 Å². The highest BCUT2D eigenvalue weighted by Gasteiger charge is 2.21. The lowest BCUT2D eigenvalue weighted by atomic mass is 9.94. The summed E-state index contributed by atoms with van der Waals surface area (Å²) < 4.78 is 11.1. The number of furan rings is 1. The van der Waals surface area contributed by atoms with E-state index in [2.05, 4.69) is 179 Å². The van der Waals surface area contributed by atoms with E-state index in [4.69, 9.17) is 4.42 Å². The molecular formula is C48H30N2O. The maximum absolute atomic E-state index is 6.24. The molecule has 0 saturated heterocycles. The minimum absolute atomic E-state index is 0.898. The van der Waals surface area contributed by atoms with Gasteiger partial charge in [0.25, 0.3) is 0 Å². The van der Waals surface area contributed by atoms with E-state index in [0.717, 1.165) is 44.4 Å². The summed E-state index contributed by atoms with van der Waals surface area (Å²) in [6.07, 6.45) is 0. The van der Waals surface area contributed by atoms with Gasteiger partial charge in [-0.25, -0.2) is 0 Å². The Morgan fingerprint density at radius 2 is 0.863 bits per heavy atom. The molecule has 0 aliphatic heterocycles. The fourth-order valence-electron chi connectivity index (χ4n) is 8.30. The Kier molecular flexibility index (Phi) is 5.96. The van der Waals surface area contributed by atoms with Gasteiger partial charge in [-0.3, -0.25) is 0 Å². The van der Waals surface area contributed by atoms with Crippen LogP contribution in [0.3, 0.4) is 0 Å². The molecule has 51 heavy (non-hydrogen) atoms. The largest absolute Gasteiger partial charge is 0.456 e. The Hall–Kier alpha value is -6.84. The third kappa shape index (κ3) is 4.12. The summed E-state index contributed by atoms with van der Waals surface area (Å²) in [7, 11) is 0. The third-order valence-corrected chi connectivity index (χ3v) is 10.5. The van der Waals surface area contributed by atoms with Crippen LogP contribution in [0, 0.1) is 0 Å². The first-order valence-corrected chi connectivity index (χ1v) is 17.4. The molecule has 0 atom stereocenters. The topological polar surface area (TPSA) is 23.0 Å². The zero-order valence-electron chi connectivity index (χ0n) is 27.6. The van der Waals surface area contributed by atoms with Gasteiger partial charge < -0.3 is 13.6 Å². The molecule has 0 saturated carbocycles. The number of hydrogen-bond donors (Lipinski definition) is 0. The number of rotatable bonds is 4. The van der Waals surface area contributed by atoms with Crippen molar-refractivity contribution >= 4 is 65.6 Å². The molecule has 0 spiro atoms. The Bertz CT molecular complexity index is 3090. The fraction of sp³-hybridized carbons (Fsp3) is 0. The standard InChI is InChI=1S/C48H30N2O/c1-2-13-31(14-3-1)34-19-12-20-35(32-25-28-47-41(29-32)39-18-7-11-24-46(39)51-47)48(34)50-44-23-10-6-17-38(44)40-30-33(26-27-45(40)50)49-42-21-8-4-15-36(42)37-16-5-9-22-43(37)49/h1-30H. The third-order valence-electron chi connectivity index (χ3n) is 10.5. The molecule has 3 heteroatoms. The van der Waals surface area contributed by atoms with E-state index < -0.39 is 0 Å². The molecule has 0 amide bonds. The van der Waals surface area contributed by atoms with Crippen molar-refractivity contribution in [3.8, 4) is 33.6 Å². The molecule has 3 nitrogen and oxygen atoms in total. The first kappa shape index (κ1) is 28.0. The molecule has 238 valence electrons. The Labute approximate surface area is 293 Å². The number of fused-ring (bicyclic) bond motifs is 9. The average molecular weight is 651 g/mol. The van der Waals surface area contributed by atoms with Crippen molar-refractivity contribution in [1.29, 1.82) is 0 Å². The number of benzene rings is 8. The van der Waals surface area contributed by atoms with Crippen molar-refractivity contribution in [2.24, 2.45) is 0 Å². The molecule has 0 bridgehead atoms. The molecule has 0 N–H and O–H groups in total. The van der Waals surface area contributed by atoms with Gasteiger partial charge >= 0.3 is 0 Å². The van der Waals surface area contributed by atoms with Gasteiger partial charge in [0.1, 0.15) is 11.2 Å². The molecule has 8 aromatic carbocycles. The predicted octanol–water partition coefficient (Wildman–Crippen LogP) is 13.1. The maximum atomic E-state index is 6.24. The monoisotopic (exact) mass is 650 g/mol. The average Bonchev–Trinajstić information content (AvgIpc) is 3.85. The highest BCUT2D eigenvalue weighted by molar-refractivity contribution is 6.13. The van der Waals surface area contributed by atoms with Gasteiger partial charge in [-0.05, 0) is 65.7 Å². The number of aromatic nitrogens is 2. The number of hydrogen-bond acceptors (Lipinski definition) is 1. The van der Waals surface area contributed by atoms with E-state index in [1.807, 2.05) is 12.1 Å². The smallest absolute Gasteiger partial charge is 0.135 e. The fourth-order valence-corrected chi connectivity index (χ4v) is 8.30. The second kappa shape index (κ2) is 10.8. The van der Waals surface area contributed by atoms with E-state index in [1.165, 1.54) is 54.7 Å². The van der Waals surface area contributed by atoms with E-state index in [0.29, 0.717) is 0 Å². The Morgan fingerprint density at radius 3 is 1.59 bits per heavy atom. The summed E-state index contributed by atoms with van der Waals surface area (Å²) in [5, 5.41) is 7.22. The zero-order chi connectivity index (χ0) is 33.5. The van der Waals surface area contributed by atoms with Crippen molar-refractivity contribution in [3.05, 3.63) is 182 Å². The van der Waals surface area contributed by atoms with E-state index >= 15 is 0 Å². The van der Waals surface area contributed by atoms with Crippen molar-refractivity contribution in [3.63, 3.8) is 0 Å². The van der Waals surface area contributed by atoms with Crippen LogP contribution in [-0.2, 0) is 0 Å². The van der Waals surface area contributed by atoms with Crippen LogP contribution in [0.25, 0.3) is 99.2 Å². The number of nitrogens with zero attached hydrogens (tertiary/aromatic N) is 2. The van der Waals surface area contributed by atoms with Gasteiger partial charge in [-0.1, -0.05) is 127 Å².